The highest BCUT2D eigenvalue weighted by Gasteiger charge is 2.46. The summed E-state index contributed by atoms with van der Waals surface area (Å²) in [5.41, 5.74) is 0. The molecule has 10 heavy (non-hydrogen) atoms. The van der Waals surface area contributed by atoms with Gasteiger partial charge in [-0.05, 0) is 25.2 Å². The lowest BCUT2D eigenvalue weighted by Gasteiger charge is -2.15. The third-order valence-electron chi connectivity index (χ3n) is 2.63. The van der Waals surface area contributed by atoms with Crippen LogP contribution in [0.2, 0.25) is 0 Å². The molecule has 2 heteroatoms. The number of epoxide rings is 1. The van der Waals surface area contributed by atoms with Gasteiger partial charge in [-0.2, -0.15) is 0 Å². The zero-order chi connectivity index (χ0) is 6.97. The largest absolute Gasteiger partial charge is 0.369 e. The average Bonchev–Trinajstić information content (AvgIpc) is 2.67. The van der Waals surface area contributed by atoms with Crippen molar-refractivity contribution in [2.75, 3.05) is 5.88 Å². The first-order valence-electron chi connectivity index (χ1n) is 4.13. The van der Waals surface area contributed by atoms with E-state index in [0.717, 1.165) is 18.2 Å². The molecule has 0 amide bonds. The van der Waals surface area contributed by atoms with Crippen LogP contribution in [-0.2, 0) is 4.74 Å². The van der Waals surface area contributed by atoms with Gasteiger partial charge in [0.2, 0.25) is 0 Å². The molecule has 1 aliphatic carbocycles. The van der Waals surface area contributed by atoms with Crippen molar-refractivity contribution in [2.24, 2.45) is 5.92 Å². The summed E-state index contributed by atoms with van der Waals surface area (Å²) in [6, 6.07) is 0. The molecule has 2 fully saturated rings. The number of fused-ring (bicyclic) bond motifs is 1. The molecule has 0 aromatic rings. The maximum absolute atomic E-state index is 5.66. The van der Waals surface area contributed by atoms with E-state index in [1.807, 2.05) is 0 Å². The van der Waals surface area contributed by atoms with E-state index in [9.17, 15) is 0 Å². The van der Waals surface area contributed by atoms with E-state index in [2.05, 4.69) is 0 Å². The summed E-state index contributed by atoms with van der Waals surface area (Å²) in [6.07, 6.45) is 6.37. The summed E-state index contributed by atoms with van der Waals surface area (Å²) in [6.45, 7) is 0. The molecule has 1 saturated heterocycles. The molecule has 1 nitrogen and oxygen atoms in total. The molecule has 1 saturated carbocycles. The van der Waals surface area contributed by atoms with Gasteiger partial charge in [-0.3, -0.25) is 0 Å². The van der Waals surface area contributed by atoms with E-state index in [-0.39, 0.29) is 0 Å². The minimum Gasteiger partial charge on any atom is -0.369 e. The molecule has 1 heterocycles. The molecule has 3 atom stereocenters. The Morgan fingerprint density at radius 1 is 1.40 bits per heavy atom. The van der Waals surface area contributed by atoms with Gasteiger partial charge in [-0.25, -0.2) is 0 Å². The molecular weight excluding hydrogens is 148 g/mol. The van der Waals surface area contributed by atoms with Gasteiger partial charge in [0.15, 0.2) is 0 Å². The highest BCUT2D eigenvalue weighted by atomic mass is 35.5. The first-order valence-corrected chi connectivity index (χ1v) is 4.66. The smallest absolute Gasteiger partial charge is 0.0870 e. The normalized spacial score (nSPS) is 44.7. The van der Waals surface area contributed by atoms with Crippen LogP contribution in [0.15, 0.2) is 0 Å². The molecule has 0 spiro atoms. The van der Waals surface area contributed by atoms with E-state index in [0.29, 0.717) is 12.2 Å². The summed E-state index contributed by atoms with van der Waals surface area (Å²) in [5.74, 6) is 1.59. The van der Waals surface area contributed by atoms with Crippen molar-refractivity contribution in [3.63, 3.8) is 0 Å². The third kappa shape index (κ3) is 1.17. The molecule has 1 aliphatic heterocycles. The maximum atomic E-state index is 5.66. The van der Waals surface area contributed by atoms with Gasteiger partial charge < -0.3 is 4.74 Å². The highest BCUT2D eigenvalue weighted by Crippen LogP contribution is 2.42. The third-order valence-corrected chi connectivity index (χ3v) is 2.85. The Hall–Kier alpha value is 0.250. The van der Waals surface area contributed by atoms with Crippen LogP contribution >= 0.6 is 11.6 Å². The topological polar surface area (TPSA) is 12.5 Å². The number of alkyl halides is 1. The van der Waals surface area contributed by atoms with Gasteiger partial charge >= 0.3 is 0 Å². The molecule has 0 radical (unpaired) electrons. The van der Waals surface area contributed by atoms with Crippen LogP contribution in [0.25, 0.3) is 0 Å². The van der Waals surface area contributed by atoms with E-state index in [4.69, 9.17) is 16.3 Å². The molecule has 0 N–H and O–H groups in total. The summed E-state index contributed by atoms with van der Waals surface area (Å²) in [4.78, 5) is 0. The van der Waals surface area contributed by atoms with Crippen molar-refractivity contribution in [1.82, 2.24) is 0 Å². The van der Waals surface area contributed by atoms with Gasteiger partial charge in [-0.15, -0.1) is 11.6 Å². The van der Waals surface area contributed by atoms with Gasteiger partial charge in [0, 0.05) is 5.88 Å². The Morgan fingerprint density at radius 2 is 2.30 bits per heavy atom. The van der Waals surface area contributed by atoms with E-state index in [1.54, 1.807) is 0 Å². The standard InChI is InChI=1S/C8H13ClO/c9-5-4-6-2-1-3-7-8(6)10-7/h6-8H,1-5H2. The van der Waals surface area contributed by atoms with Crippen molar-refractivity contribution in [3.05, 3.63) is 0 Å². The zero-order valence-electron chi connectivity index (χ0n) is 6.05. The predicted octanol–water partition coefficient (Wildman–Crippen LogP) is 2.18. The van der Waals surface area contributed by atoms with Crippen molar-refractivity contribution < 1.29 is 4.74 Å². The molecule has 3 unspecified atom stereocenters. The lowest BCUT2D eigenvalue weighted by molar-refractivity contribution is 0.316. The molecular formula is C8H13ClO. The fraction of sp³-hybridized carbons (Fsp3) is 1.00. The van der Waals surface area contributed by atoms with Crippen LogP contribution < -0.4 is 0 Å². The number of rotatable bonds is 2. The first kappa shape index (κ1) is 6.93. The Labute approximate surface area is 66.7 Å². The molecule has 0 aromatic heterocycles. The molecule has 2 aliphatic rings. The first-order chi connectivity index (χ1) is 4.92. The Morgan fingerprint density at radius 3 is 3.10 bits per heavy atom. The van der Waals surface area contributed by atoms with Crippen LogP contribution in [-0.4, -0.2) is 18.1 Å². The molecule has 2 rings (SSSR count). The van der Waals surface area contributed by atoms with Crippen molar-refractivity contribution in [3.8, 4) is 0 Å². The highest BCUT2D eigenvalue weighted by molar-refractivity contribution is 6.17. The molecule has 58 valence electrons. The summed E-state index contributed by atoms with van der Waals surface area (Å²) in [5, 5.41) is 0. The second kappa shape index (κ2) is 2.71. The monoisotopic (exact) mass is 160 g/mol. The minimum absolute atomic E-state index is 0.604. The predicted molar refractivity (Wildman–Crippen MR) is 41.3 cm³/mol. The van der Waals surface area contributed by atoms with Gasteiger partial charge in [-0.1, -0.05) is 6.42 Å². The minimum atomic E-state index is 0.604. The van der Waals surface area contributed by atoms with E-state index >= 15 is 0 Å². The molecule has 0 aromatic carbocycles. The van der Waals surface area contributed by atoms with Crippen LogP contribution in [0.3, 0.4) is 0 Å². The Bertz CT molecular complexity index is 124. The fourth-order valence-corrected chi connectivity index (χ4v) is 2.28. The SMILES string of the molecule is ClCCC1CCCC2OC12. The molecule has 0 bridgehead atoms. The van der Waals surface area contributed by atoms with Crippen LogP contribution in [0, 0.1) is 5.92 Å². The van der Waals surface area contributed by atoms with Gasteiger partial charge in [0.25, 0.3) is 0 Å². The zero-order valence-corrected chi connectivity index (χ0v) is 6.81. The fourth-order valence-electron chi connectivity index (χ4n) is 2.00. The quantitative estimate of drug-likeness (QED) is 0.446. The number of ether oxygens (including phenoxy) is 1. The number of halogens is 1. The van der Waals surface area contributed by atoms with Crippen molar-refractivity contribution in [1.29, 1.82) is 0 Å². The average molecular weight is 161 g/mol. The van der Waals surface area contributed by atoms with E-state index in [1.165, 1.54) is 19.3 Å². The summed E-state index contributed by atoms with van der Waals surface area (Å²) in [7, 11) is 0. The van der Waals surface area contributed by atoms with Crippen LogP contribution in [0.1, 0.15) is 25.7 Å². The maximum Gasteiger partial charge on any atom is 0.0870 e. The summed E-state index contributed by atoms with van der Waals surface area (Å²) < 4.78 is 5.48. The Balaban J connectivity index is 1.84. The van der Waals surface area contributed by atoms with E-state index < -0.39 is 0 Å². The van der Waals surface area contributed by atoms with Crippen LogP contribution in [0.4, 0.5) is 0 Å². The van der Waals surface area contributed by atoms with Crippen LogP contribution in [0.5, 0.6) is 0 Å². The number of hydrogen-bond donors (Lipinski definition) is 0. The number of hydrogen-bond acceptors (Lipinski definition) is 1. The summed E-state index contributed by atoms with van der Waals surface area (Å²) >= 11 is 5.66. The Kier molecular flexibility index (Phi) is 1.88. The lowest BCUT2D eigenvalue weighted by Crippen LogP contribution is -2.16. The van der Waals surface area contributed by atoms with Crippen molar-refractivity contribution in [2.45, 2.75) is 37.9 Å². The van der Waals surface area contributed by atoms with Gasteiger partial charge in [0.1, 0.15) is 0 Å². The second-order valence-electron chi connectivity index (χ2n) is 3.31. The second-order valence-corrected chi connectivity index (χ2v) is 3.69. The van der Waals surface area contributed by atoms with Gasteiger partial charge in [0.05, 0.1) is 12.2 Å². The van der Waals surface area contributed by atoms with Crippen molar-refractivity contribution >= 4 is 11.6 Å². The lowest BCUT2D eigenvalue weighted by atomic mass is 9.87.